The van der Waals surface area contributed by atoms with Crippen molar-refractivity contribution in [2.45, 2.75) is 51.6 Å². The molecule has 0 spiro atoms. The molecule has 1 rings (SSSR count). The molecule has 0 aromatic heterocycles. The van der Waals surface area contributed by atoms with Gasteiger partial charge in [0.1, 0.15) is 6.54 Å². The fraction of sp³-hybridized carbons (Fsp3) is 0.625. The van der Waals surface area contributed by atoms with Crippen molar-refractivity contribution in [3.8, 4) is 0 Å². The third kappa shape index (κ3) is 8.30. The lowest BCUT2D eigenvalue weighted by molar-refractivity contribution is -0.148. The minimum atomic E-state index is -2.90. The lowest BCUT2D eigenvalue weighted by Crippen LogP contribution is -2.45. The van der Waals surface area contributed by atoms with Gasteiger partial charge in [0.25, 0.3) is 0 Å². The van der Waals surface area contributed by atoms with Gasteiger partial charge in [0.2, 0.25) is 11.9 Å². The lowest BCUT2D eigenvalue weighted by Gasteiger charge is -2.21. The second-order valence-corrected chi connectivity index (χ2v) is 5.45. The van der Waals surface area contributed by atoms with Gasteiger partial charge in [-0.2, -0.15) is 0 Å². The number of nitrogens with zero attached hydrogens (tertiary/aromatic N) is 2. The van der Waals surface area contributed by atoms with E-state index >= 15 is 0 Å². The topological polar surface area (TPSA) is 108 Å². The molecule has 1 heterocycles. The summed E-state index contributed by atoms with van der Waals surface area (Å²) in [6.07, 6.45) is 5.25. The van der Waals surface area contributed by atoms with E-state index in [1.807, 2.05) is 12.2 Å². The minimum Gasteiger partial charge on any atom is -0.463 e. The Balaban J connectivity index is 3.10. The summed E-state index contributed by atoms with van der Waals surface area (Å²) >= 11 is 0. The summed E-state index contributed by atoms with van der Waals surface area (Å²) in [6.45, 7) is -2.00. The molecule has 0 saturated carbocycles. The highest BCUT2D eigenvalue weighted by molar-refractivity contribution is 6.01. The molecule has 8 nitrogen and oxygen atoms in total. The first-order valence-electron chi connectivity index (χ1n) is 9.33. The number of aliphatic imine (C=N–C) groups is 1. The number of guanidine groups is 1. The maximum atomic E-state index is 12.1. The smallest absolute Gasteiger partial charge is 0.434 e. The van der Waals surface area contributed by atoms with Crippen molar-refractivity contribution >= 4 is 23.9 Å². The van der Waals surface area contributed by atoms with Crippen LogP contribution in [0.2, 0.25) is 0 Å². The third-order valence-corrected chi connectivity index (χ3v) is 3.26. The van der Waals surface area contributed by atoms with Gasteiger partial charge in [-0.05, 0) is 39.0 Å². The molecule has 2 N–H and O–H groups in total. The van der Waals surface area contributed by atoms with E-state index in [-0.39, 0.29) is 6.42 Å². The van der Waals surface area contributed by atoms with Crippen molar-refractivity contribution in [1.82, 2.24) is 10.2 Å². The Morgan fingerprint density at radius 2 is 2.17 bits per heavy atom. The Labute approximate surface area is 145 Å². The van der Waals surface area contributed by atoms with E-state index in [2.05, 4.69) is 10.3 Å². The Morgan fingerprint density at radius 1 is 1.42 bits per heavy atom. The van der Waals surface area contributed by atoms with Crippen LogP contribution in [0.3, 0.4) is 0 Å². The fourth-order valence-corrected chi connectivity index (χ4v) is 2.07. The number of hydrogen-bond donors (Lipinski definition) is 2. The first-order valence-corrected chi connectivity index (χ1v) is 7.83. The summed E-state index contributed by atoms with van der Waals surface area (Å²) in [4.78, 5) is 38.7. The summed E-state index contributed by atoms with van der Waals surface area (Å²) < 4.78 is 27.9. The lowest BCUT2D eigenvalue weighted by atomic mass is 10.1. The first kappa shape index (κ1) is 15.2. The number of carbonyl (C=O) groups excluding carboxylic acids is 2. The quantitative estimate of drug-likeness (QED) is 0.514. The number of amides is 2. The minimum absolute atomic E-state index is 0.0722. The largest absolute Gasteiger partial charge is 0.463 e. The average Bonchev–Trinajstić information content (AvgIpc) is 2.52. The average molecular weight is 342 g/mol. The Hall–Kier alpha value is -2.38. The van der Waals surface area contributed by atoms with Gasteiger partial charge in [0.05, 0.1) is 6.10 Å². The molecule has 0 radical (unpaired) electrons. The standard InChI is InChI=1S/C16H25N3O5/c1-12-9-7-5-3-4-6-8-10-13(20)17-15(18-16(22)23)19(2)11-14(21)24-12/h3,5,12H,4,6-11H2,1-2H3,(H,22,23)(H,17,18,20)/i2D3. The van der Waals surface area contributed by atoms with Crippen LogP contribution in [0.4, 0.5) is 4.79 Å². The predicted octanol–water partition coefficient (Wildman–Crippen LogP) is 1.91. The Kier molecular flexibility index (Phi) is 6.57. The second-order valence-electron chi connectivity index (χ2n) is 5.45. The molecule has 0 fully saturated rings. The van der Waals surface area contributed by atoms with Gasteiger partial charge in [-0.3, -0.25) is 14.9 Å². The van der Waals surface area contributed by atoms with Crippen molar-refractivity contribution in [2.75, 3.05) is 13.5 Å². The van der Waals surface area contributed by atoms with E-state index < -0.39 is 43.6 Å². The maximum absolute atomic E-state index is 12.1. The van der Waals surface area contributed by atoms with Crippen molar-refractivity contribution in [3.63, 3.8) is 0 Å². The van der Waals surface area contributed by atoms with Crippen molar-refractivity contribution < 1.29 is 28.3 Å². The van der Waals surface area contributed by atoms with Crippen LogP contribution < -0.4 is 5.32 Å². The highest BCUT2D eigenvalue weighted by Gasteiger charge is 2.18. The molecule has 1 atom stereocenters. The van der Waals surface area contributed by atoms with Gasteiger partial charge in [-0.1, -0.05) is 12.2 Å². The summed E-state index contributed by atoms with van der Waals surface area (Å²) in [7, 11) is 0. The third-order valence-electron chi connectivity index (χ3n) is 3.26. The maximum Gasteiger partial charge on any atom is 0.434 e. The zero-order valence-electron chi connectivity index (χ0n) is 16.7. The zero-order chi connectivity index (χ0) is 20.4. The molecule has 0 aromatic carbocycles. The number of nitrogens with one attached hydrogen (secondary N) is 1. The van der Waals surface area contributed by atoms with Crippen molar-refractivity contribution in [3.05, 3.63) is 12.2 Å². The fourth-order valence-electron chi connectivity index (χ4n) is 2.07. The van der Waals surface area contributed by atoms with Crippen molar-refractivity contribution in [2.24, 2.45) is 4.99 Å². The van der Waals surface area contributed by atoms with Crippen LogP contribution in [0.1, 0.15) is 49.6 Å². The van der Waals surface area contributed by atoms with Gasteiger partial charge in [-0.15, -0.1) is 4.99 Å². The molecule has 8 heteroatoms. The van der Waals surface area contributed by atoms with E-state index in [1.54, 1.807) is 6.92 Å². The first-order chi connectivity index (χ1) is 12.6. The molecule has 0 saturated heterocycles. The number of rotatable bonds is 0. The summed E-state index contributed by atoms with van der Waals surface area (Å²) in [5.41, 5.74) is 0. The summed E-state index contributed by atoms with van der Waals surface area (Å²) in [5, 5.41) is 11.1. The zero-order valence-corrected chi connectivity index (χ0v) is 13.7. The monoisotopic (exact) mass is 342 g/mol. The molecule has 0 aliphatic carbocycles. The predicted molar refractivity (Wildman–Crippen MR) is 88.6 cm³/mol. The van der Waals surface area contributed by atoms with Crippen LogP contribution in [0, 0.1) is 0 Å². The molecule has 134 valence electrons. The molecule has 0 bridgehead atoms. The van der Waals surface area contributed by atoms with Crippen molar-refractivity contribution in [1.29, 1.82) is 0 Å². The SMILES string of the molecule is [2H]C([2H])([2H])N1CC(=O)OC(C)CCC=CCCCCC(=O)N/C1=N\C(=O)O. The van der Waals surface area contributed by atoms with Gasteiger partial charge in [-0.25, -0.2) is 4.79 Å². The number of esters is 1. The number of carboxylic acid groups (broad SMARTS) is 1. The van der Waals surface area contributed by atoms with Crippen LogP contribution in [0.5, 0.6) is 0 Å². The molecule has 24 heavy (non-hydrogen) atoms. The normalized spacial score (nSPS) is 26.0. The number of hydrogen-bond acceptors (Lipinski definition) is 4. The van der Waals surface area contributed by atoms with Crippen LogP contribution in [-0.4, -0.2) is 53.6 Å². The highest BCUT2D eigenvalue weighted by Crippen LogP contribution is 2.07. The molecular weight excluding hydrogens is 314 g/mol. The summed E-state index contributed by atoms with van der Waals surface area (Å²) in [5.74, 6) is -2.16. The van der Waals surface area contributed by atoms with E-state index in [0.717, 1.165) is 12.8 Å². The number of cyclic esters (lactones) is 1. The molecular formula is C16H25N3O5. The van der Waals surface area contributed by atoms with Crippen LogP contribution in [-0.2, 0) is 14.3 Å². The van der Waals surface area contributed by atoms with Crippen LogP contribution in [0.15, 0.2) is 17.1 Å². The number of carbonyl (C=O) groups is 3. The van der Waals surface area contributed by atoms with Gasteiger partial charge < -0.3 is 14.7 Å². The number of ether oxygens (including phenoxy) is 1. The van der Waals surface area contributed by atoms with Crippen LogP contribution in [0.25, 0.3) is 0 Å². The van der Waals surface area contributed by atoms with Crippen LogP contribution >= 0.6 is 0 Å². The summed E-state index contributed by atoms with van der Waals surface area (Å²) in [6, 6.07) is 0. The van der Waals surface area contributed by atoms with E-state index in [4.69, 9.17) is 14.0 Å². The van der Waals surface area contributed by atoms with Gasteiger partial charge >= 0.3 is 12.1 Å². The van der Waals surface area contributed by atoms with E-state index in [1.165, 1.54) is 0 Å². The Bertz CT molecular complexity index is 605. The number of likely N-dealkylation sites (N-methyl/N-ethyl adjacent to an activating group) is 1. The molecule has 2 amide bonds. The second kappa shape index (κ2) is 10.4. The van der Waals surface area contributed by atoms with Gasteiger partial charge in [0, 0.05) is 17.5 Å². The molecule has 1 aliphatic rings. The van der Waals surface area contributed by atoms with Gasteiger partial charge in [0.15, 0.2) is 0 Å². The van der Waals surface area contributed by atoms with E-state index in [0.29, 0.717) is 24.2 Å². The Morgan fingerprint density at radius 3 is 2.88 bits per heavy atom. The van der Waals surface area contributed by atoms with E-state index in [9.17, 15) is 14.4 Å². The molecule has 1 aliphatic heterocycles. The number of allylic oxidation sites excluding steroid dienone is 2. The molecule has 1 unspecified atom stereocenters. The molecule has 0 aromatic rings. The highest BCUT2D eigenvalue weighted by atomic mass is 16.5.